The predicted molar refractivity (Wildman–Crippen MR) is 78.0 cm³/mol. The molecule has 4 heteroatoms. The van der Waals surface area contributed by atoms with Crippen LogP contribution in [-0.2, 0) is 0 Å². The van der Waals surface area contributed by atoms with Gasteiger partial charge in [0, 0.05) is 16.7 Å². The fourth-order valence-corrected chi connectivity index (χ4v) is 2.24. The molecule has 0 aliphatic rings. The number of carbonyl (C=O) groups excluding carboxylic acids is 1. The van der Waals surface area contributed by atoms with E-state index in [0.29, 0.717) is 5.56 Å². The molecular formula is C16H13N3O. The minimum absolute atomic E-state index is 0.450. The molecule has 0 aliphatic heterocycles. The Morgan fingerprint density at radius 3 is 2.40 bits per heavy atom. The summed E-state index contributed by atoms with van der Waals surface area (Å²) >= 11 is 0. The zero-order chi connectivity index (χ0) is 13.9. The molecule has 1 amide bonds. The molecule has 4 nitrogen and oxygen atoms in total. The van der Waals surface area contributed by atoms with Crippen LogP contribution in [-0.4, -0.2) is 16.1 Å². The number of benzene rings is 2. The highest BCUT2D eigenvalue weighted by atomic mass is 16.1. The summed E-state index contributed by atoms with van der Waals surface area (Å²) in [4.78, 5) is 11.6. The summed E-state index contributed by atoms with van der Waals surface area (Å²) in [6.07, 6.45) is 1.75. The Kier molecular flexibility index (Phi) is 3.05. The van der Waals surface area contributed by atoms with Crippen LogP contribution in [0.1, 0.15) is 10.4 Å². The van der Waals surface area contributed by atoms with E-state index in [1.165, 1.54) is 0 Å². The van der Waals surface area contributed by atoms with Crippen LogP contribution in [0.25, 0.3) is 22.4 Å². The van der Waals surface area contributed by atoms with E-state index >= 15 is 0 Å². The fraction of sp³-hybridized carbons (Fsp3) is 0. The number of aromatic nitrogens is 2. The van der Waals surface area contributed by atoms with E-state index in [1.54, 1.807) is 18.3 Å². The lowest BCUT2D eigenvalue weighted by Crippen LogP contribution is -2.12. The maximum atomic E-state index is 11.6. The summed E-state index contributed by atoms with van der Waals surface area (Å²) in [6, 6.07) is 17.1. The summed E-state index contributed by atoms with van der Waals surface area (Å²) in [7, 11) is 0. The standard InChI is InChI=1S/C16H13N3O/c17-16(20)13-9-5-4-8-12(13)15-14(10-18-19-15)11-6-2-1-3-7-11/h1-10H,(H2,17,20)(H,18,19). The Morgan fingerprint density at radius 1 is 0.950 bits per heavy atom. The quantitative estimate of drug-likeness (QED) is 0.762. The van der Waals surface area contributed by atoms with E-state index in [0.717, 1.165) is 22.4 Å². The molecule has 1 aromatic heterocycles. The first-order valence-electron chi connectivity index (χ1n) is 6.25. The summed E-state index contributed by atoms with van der Waals surface area (Å²) in [5, 5.41) is 7.06. The van der Waals surface area contributed by atoms with Gasteiger partial charge in [-0.15, -0.1) is 0 Å². The van der Waals surface area contributed by atoms with Crippen molar-refractivity contribution in [2.45, 2.75) is 0 Å². The van der Waals surface area contributed by atoms with Gasteiger partial charge in [-0.05, 0) is 11.6 Å². The molecule has 0 unspecified atom stereocenters. The lowest BCUT2D eigenvalue weighted by atomic mass is 9.98. The molecule has 3 aromatic rings. The van der Waals surface area contributed by atoms with Crippen molar-refractivity contribution in [2.75, 3.05) is 0 Å². The third-order valence-electron chi connectivity index (χ3n) is 3.19. The van der Waals surface area contributed by atoms with Crippen molar-refractivity contribution < 1.29 is 4.79 Å². The summed E-state index contributed by atoms with van der Waals surface area (Å²) in [5.41, 5.74) is 9.46. The van der Waals surface area contributed by atoms with Crippen molar-refractivity contribution in [3.8, 4) is 22.4 Å². The molecule has 0 saturated carbocycles. The number of nitrogens with zero attached hydrogens (tertiary/aromatic N) is 1. The lowest BCUT2D eigenvalue weighted by Gasteiger charge is -2.07. The van der Waals surface area contributed by atoms with Crippen molar-refractivity contribution in [1.29, 1.82) is 0 Å². The Bertz CT molecular complexity index is 747. The highest BCUT2D eigenvalue weighted by molar-refractivity contribution is 6.01. The number of H-pyrrole nitrogens is 1. The van der Waals surface area contributed by atoms with Crippen molar-refractivity contribution >= 4 is 5.91 Å². The van der Waals surface area contributed by atoms with Crippen LogP contribution in [0.5, 0.6) is 0 Å². The Labute approximate surface area is 116 Å². The molecule has 20 heavy (non-hydrogen) atoms. The number of amides is 1. The molecule has 3 N–H and O–H groups in total. The minimum Gasteiger partial charge on any atom is -0.366 e. The van der Waals surface area contributed by atoms with E-state index in [2.05, 4.69) is 10.2 Å². The second-order valence-electron chi connectivity index (χ2n) is 4.43. The van der Waals surface area contributed by atoms with Gasteiger partial charge in [-0.1, -0.05) is 48.5 Å². The number of carbonyl (C=O) groups is 1. The molecule has 3 rings (SSSR count). The van der Waals surface area contributed by atoms with Crippen molar-refractivity contribution in [3.63, 3.8) is 0 Å². The van der Waals surface area contributed by atoms with Crippen LogP contribution < -0.4 is 5.73 Å². The van der Waals surface area contributed by atoms with Crippen LogP contribution in [0.4, 0.5) is 0 Å². The molecule has 0 fully saturated rings. The maximum Gasteiger partial charge on any atom is 0.249 e. The van der Waals surface area contributed by atoms with E-state index in [4.69, 9.17) is 5.73 Å². The molecule has 0 bridgehead atoms. The normalized spacial score (nSPS) is 10.4. The van der Waals surface area contributed by atoms with Gasteiger partial charge >= 0.3 is 0 Å². The second-order valence-corrected chi connectivity index (χ2v) is 4.43. The van der Waals surface area contributed by atoms with Crippen LogP contribution in [0.15, 0.2) is 60.8 Å². The van der Waals surface area contributed by atoms with E-state index in [9.17, 15) is 4.79 Å². The second kappa shape index (κ2) is 5.01. The molecule has 0 atom stereocenters. The van der Waals surface area contributed by atoms with Crippen LogP contribution in [0, 0.1) is 0 Å². The minimum atomic E-state index is -0.450. The first kappa shape index (κ1) is 12.2. The van der Waals surface area contributed by atoms with Crippen LogP contribution in [0.3, 0.4) is 0 Å². The highest BCUT2D eigenvalue weighted by Crippen LogP contribution is 2.31. The molecule has 0 saturated heterocycles. The molecule has 0 aliphatic carbocycles. The van der Waals surface area contributed by atoms with Gasteiger partial charge in [0.25, 0.3) is 0 Å². The Hall–Kier alpha value is -2.88. The molecule has 0 spiro atoms. The molecule has 0 radical (unpaired) electrons. The number of nitrogens with one attached hydrogen (secondary N) is 1. The largest absolute Gasteiger partial charge is 0.366 e. The lowest BCUT2D eigenvalue weighted by molar-refractivity contribution is 0.100. The van der Waals surface area contributed by atoms with E-state index < -0.39 is 5.91 Å². The average molecular weight is 263 g/mol. The van der Waals surface area contributed by atoms with Gasteiger partial charge in [-0.2, -0.15) is 5.10 Å². The first-order valence-corrected chi connectivity index (χ1v) is 6.25. The van der Waals surface area contributed by atoms with E-state index in [-0.39, 0.29) is 0 Å². The van der Waals surface area contributed by atoms with Crippen molar-refractivity contribution in [1.82, 2.24) is 10.2 Å². The van der Waals surface area contributed by atoms with Gasteiger partial charge in [0.15, 0.2) is 0 Å². The zero-order valence-corrected chi connectivity index (χ0v) is 10.7. The molecule has 2 aromatic carbocycles. The smallest absolute Gasteiger partial charge is 0.249 e. The third kappa shape index (κ3) is 2.07. The summed E-state index contributed by atoms with van der Waals surface area (Å²) < 4.78 is 0. The molecular weight excluding hydrogens is 250 g/mol. The maximum absolute atomic E-state index is 11.6. The molecule has 98 valence electrons. The number of nitrogens with two attached hydrogens (primary N) is 1. The number of rotatable bonds is 3. The summed E-state index contributed by atoms with van der Waals surface area (Å²) in [6.45, 7) is 0. The van der Waals surface area contributed by atoms with Gasteiger partial charge in [-0.25, -0.2) is 0 Å². The number of primary amides is 1. The van der Waals surface area contributed by atoms with Crippen molar-refractivity contribution in [2.24, 2.45) is 5.73 Å². The zero-order valence-electron chi connectivity index (χ0n) is 10.7. The number of hydrogen-bond donors (Lipinski definition) is 2. The highest BCUT2D eigenvalue weighted by Gasteiger charge is 2.15. The molecule has 1 heterocycles. The first-order chi connectivity index (χ1) is 9.77. The SMILES string of the molecule is NC(=O)c1ccccc1-c1[nH]ncc1-c1ccccc1. The van der Waals surface area contributed by atoms with Gasteiger partial charge in [0.05, 0.1) is 11.9 Å². The van der Waals surface area contributed by atoms with Crippen LogP contribution in [0.2, 0.25) is 0 Å². The fourth-order valence-electron chi connectivity index (χ4n) is 2.24. The van der Waals surface area contributed by atoms with Gasteiger partial charge in [0.1, 0.15) is 0 Å². The predicted octanol–water partition coefficient (Wildman–Crippen LogP) is 2.84. The van der Waals surface area contributed by atoms with Gasteiger partial charge in [0.2, 0.25) is 5.91 Å². The van der Waals surface area contributed by atoms with Gasteiger partial charge < -0.3 is 5.73 Å². The topological polar surface area (TPSA) is 71.8 Å². The van der Waals surface area contributed by atoms with E-state index in [1.807, 2.05) is 42.5 Å². The third-order valence-corrected chi connectivity index (χ3v) is 3.19. The average Bonchev–Trinajstić information content (AvgIpc) is 2.97. The monoisotopic (exact) mass is 263 g/mol. The summed E-state index contributed by atoms with van der Waals surface area (Å²) in [5.74, 6) is -0.450. The Morgan fingerprint density at radius 2 is 1.65 bits per heavy atom. The Balaban J connectivity index is 2.18. The van der Waals surface area contributed by atoms with Gasteiger partial charge in [-0.3, -0.25) is 9.89 Å². The van der Waals surface area contributed by atoms with Crippen molar-refractivity contribution in [3.05, 3.63) is 66.4 Å². The van der Waals surface area contributed by atoms with Crippen LogP contribution >= 0.6 is 0 Å². The number of aromatic amines is 1. The number of hydrogen-bond acceptors (Lipinski definition) is 2.